The second kappa shape index (κ2) is 10.8. The molecule has 3 aromatic rings. The predicted molar refractivity (Wildman–Crippen MR) is 138 cm³/mol. The van der Waals surface area contributed by atoms with Crippen molar-refractivity contribution in [2.75, 3.05) is 13.1 Å². The fraction of sp³-hybridized carbons (Fsp3) is 0.400. The molecule has 194 valence electrons. The normalized spacial score (nSPS) is 17.0. The Morgan fingerprint density at radius 3 is 2.62 bits per heavy atom. The van der Waals surface area contributed by atoms with E-state index in [9.17, 15) is 14.0 Å². The van der Waals surface area contributed by atoms with Gasteiger partial charge in [0.05, 0.1) is 6.04 Å². The summed E-state index contributed by atoms with van der Waals surface area (Å²) in [7, 11) is 0. The molecule has 0 radical (unpaired) electrons. The molecule has 6 nitrogen and oxygen atoms in total. The molecule has 37 heavy (non-hydrogen) atoms. The Balaban J connectivity index is 1.34. The number of amides is 2. The Bertz CT molecular complexity index is 1260. The van der Waals surface area contributed by atoms with E-state index in [0.717, 1.165) is 23.1 Å². The van der Waals surface area contributed by atoms with Crippen molar-refractivity contribution in [2.45, 2.75) is 52.2 Å². The van der Waals surface area contributed by atoms with E-state index in [1.165, 1.54) is 25.0 Å². The summed E-state index contributed by atoms with van der Waals surface area (Å²) >= 11 is 0. The molecule has 0 bridgehead atoms. The summed E-state index contributed by atoms with van der Waals surface area (Å²) in [6.07, 6.45) is 3.54. The lowest BCUT2D eigenvalue weighted by Gasteiger charge is -2.38. The van der Waals surface area contributed by atoms with Crippen LogP contribution in [0.5, 0.6) is 5.75 Å². The third-order valence-electron chi connectivity index (χ3n) is 6.95. The van der Waals surface area contributed by atoms with E-state index in [2.05, 4.69) is 5.32 Å². The van der Waals surface area contributed by atoms with Crippen molar-refractivity contribution in [3.8, 4) is 5.75 Å². The first-order valence-corrected chi connectivity index (χ1v) is 13.0. The van der Waals surface area contributed by atoms with Crippen LogP contribution in [0.2, 0.25) is 0 Å². The SMILES string of the molecule is CC(C)CC(=O)N1CCc2ccc(OCc3ccc(C(=O)NCC4CC4)o3)cc2[C@H]1c1ccc(F)cc1. The van der Waals surface area contributed by atoms with Crippen LogP contribution in [0, 0.1) is 17.7 Å². The van der Waals surface area contributed by atoms with Gasteiger partial charge in [0.2, 0.25) is 5.91 Å². The average Bonchev–Trinajstić information content (AvgIpc) is 3.60. The molecule has 2 aliphatic rings. The highest BCUT2D eigenvalue weighted by Gasteiger charge is 2.32. The van der Waals surface area contributed by atoms with Crippen molar-refractivity contribution in [2.24, 2.45) is 11.8 Å². The van der Waals surface area contributed by atoms with E-state index in [-0.39, 0.29) is 42.0 Å². The number of benzene rings is 2. The van der Waals surface area contributed by atoms with Gasteiger partial charge in [0, 0.05) is 19.5 Å². The molecule has 2 heterocycles. The summed E-state index contributed by atoms with van der Waals surface area (Å²) in [6.45, 7) is 5.54. The Morgan fingerprint density at radius 2 is 1.89 bits per heavy atom. The molecule has 7 heteroatoms. The van der Waals surface area contributed by atoms with E-state index in [0.29, 0.717) is 36.9 Å². The van der Waals surface area contributed by atoms with Crippen LogP contribution in [0.25, 0.3) is 0 Å². The smallest absolute Gasteiger partial charge is 0.287 e. The highest BCUT2D eigenvalue weighted by Crippen LogP contribution is 2.38. The number of carbonyl (C=O) groups excluding carboxylic acids is 2. The van der Waals surface area contributed by atoms with Crippen molar-refractivity contribution in [1.82, 2.24) is 10.2 Å². The largest absolute Gasteiger partial charge is 0.486 e. The number of carbonyl (C=O) groups is 2. The first-order chi connectivity index (χ1) is 17.9. The van der Waals surface area contributed by atoms with E-state index < -0.39 is 0 Å². The van der Waals surface area contributed by atoms with E-state index >= 15 is 0 Å². The lowest BCUT2D eigenvalue weighted by atomic mass is 9.87. The molecule has 2 amide bonds. The van der Waals surface area contributed by atoms with E-state index in [1.807, 2.05) is 36.9 Å². The minimum Gasteiger partial charge on any atom is -0.486 e. The van der Waals surface area contributed by atoms with Crippen LogP contribution in [0.3, 0.4) is 0 Å². The highest BCUT2D eigenvalue weighted by atomic mass is 19.1. The molecular weight excluding hydrogens is 471 g/mol. The van der Waals surface area contributed by atoms with E-state index in [1.54, 1.807) is 24.3 Å². The minimum absolute atomic E-state index is 0.0874. The molecule has 1 saturated carbocycles. The van der Waals surface area contributed by atoms with Crippen LogP contribution < -0.4 is 10.1 Å². The molecule has 0 unspecified atom stereocenters. The monoisotopic (exact) mass is 504 g/mol. The number of hydrogen-bond donors (Lipinski definition) is 1. The van der Waals surface area contributed by atoms with Gasteiger partial charge in [-0.2, -0.15) is 0 Å². The number of furan rings is 1. The second-order valence-corrected chi connectivity index (χ2v) is 10.5. The summed E-state index contributed by atoms with van der Waals surface area (Å²) in [6, 6.07) is 15.4. The lowest BCUT2D eigenvalue weighted by molar-refractivity contribution is -0.134. The zero-order valence-electron chi connectivity index (χ0n) is 21.3. The lowest BCUT2D eigenvalue weighted by Crippen LogP contribution is -2.41. The molecule has 1 N–H and O–H groups in total. The van der Waals surface area contributed by atoms with Crippen LogP contribution in [0.15, 0.2) is 59.0 Å². The maximum absolute atomic E-state index is 13.7. The van der Waals surface area contributed by atoms with Crippen LogP contribution in [0.1, 0.15) is 72.2 Å². The zero-order chi connectivity index (χ0) is 25.9. The highest BCUT2D eigenvalue weighted by molar-refractivity contribution is 5.91. The van der Waals surface area contributed by atoms with Crippen molar-refractivity contribution in [1.29, 1.82) is 0 Å². The second-order valence-electron chi connectivity index (χ2n) is 10.5. The van der Waals surface area contributed by atoms with Crippen LogP contribution >= 0.6 is 0 Å². The van der Waals surface area contributed by atoms with Gasteiger partial charge < -0.3 is 19.4 Å². The van der Waals surface area contributed by atoms with E-state index in [4.69, 9.17) is 9.15 Å². The standard InChI is InChI=1S/C30H33FN2O4/c1-19(2)15-28(34)33-14-13-21-7-10-24(16-26(21)29(33)22-5-8-23(31)9-6-22)36-18-25-11-12-27(37-25)30(35)32-17-20-3-4-20/h5-12,16,19-20,29H,3-4,13-15,17-18H2,1-2H3,(H,32,35)/t29-/m1/s1. The van der Waals surface area contributed by atoms with Crippen molar-refractivity contribution in [3.63, 3.8) is 0 Å². The first-order valence-electron chi connectivity index (χ1n) is 13.0. The first kappa shape index (κ1) is 25.1. The number of fused-ring (bicyclic) bond motifs is 1. The van der Waals surface area contributed by atoms with Gasteiger partial charge in [-0.05, 0) is 84.2 Å². The van der Waals surface area contributed by atoms with Gasteiger partial charge in [-0.1, -0.05) is 32.0 Å². The number of hydrogen-bond acceptors (Lipinski definition) is 4. The fourth-order valence-corrected chi connectivity index (χ4v) is 4.80. The quantitative estimate of drug-likeness (QED) is 0.408. The summed E-state index contributed by atoms with van der Waals surface area (Å²) in [5, 5.41) is 2.90. The number of ether oxygens (including phenoxy) is 1. The van der Waals surface area contributed by atoms with Crippen LogP contribution in [-0.4, -0.2) is 29.8 Å². The van der Waals surface area contributed by atoms with Gasteiger partial charge in [0.25, 0.3) is 5.91 Å². The predicted octanol–water partition coefficient (Wildman–Crippen LogP) is 5.66. The molecule has 0 saturated heterocycles. The van der Waals surface area contributed by atoms with Crippen LogP contribution in [-0.2, 0) is 17.8 Å². The minimum atomic E-state index is -0.315. The number of rotatable bonds is 9. The Labute approximate surface area is 216 Å². The summed E-state index contributed by atoms with van der Waals surface area (Å²) in [5.74, 6) is 1.88. The molecular formula is C30H33FN2O4. The Hall–Kier alpha value is -3.61. The average molecular weight is 505 g/mol. The van der Waals surface area contributed by atoms with Gasteiger partial charge >= 0.3 is 0 Å². The number of nitrogens with zero attached hydrogens (tertiary/aromatic N) is 1. The van der Waals surface area contributed by atoms with Crippen molar-refractivity contribution in [3.05, 3.63) is 88.6 Å². The molecule has 1 atom stereocenters. The van der Waals surface area contributed by atoms with Crippen LogP contribution in [0.4, 0.5) is 4.39 Å². The van der Waals surface area contributed by atoms with Gasteiger partial charge in [-0.15, -0.1) is 0 Å². The Morgan fingerprint density at radius 1 is 1.11 bits per heavy atom. The third kappa shape index (κ3) is 6.04. The molecule has 1 aromatic heterocycles. The van der Waals surface area contributed by atoms with Gasteiger partial charge in [0.1, 0.15) is 23.9 Å². The fourth-order valence-electron chi connectivity index (χ4n) is 4.80. The molecule has 1 aliphatic carbocycles. The van der Waals surface area contributed by atoms with Gasteiger partial charge in [-0.3, -0.25) is 9.59 Å². The van der Waals surface area contributed by atoms with Gasteiger partial charge in [-0.25, -0.2) is 4.39 Å². The molecule has 1 aliphatic heterocycles. The Kier molecular flexibility index (Phi) is 7.31. The third-order valence-corrected chi connectivity index (χ3v) is 6.95. The summed E-state index contributed by atoms with van der Waals surface area (Å²) < 4.78 is 25.4. The topological polar surface area (TPSA) is 71.8 Å². The molecule has 0 spiro atoms. The maximum Gasteiger partial charge on any atom is 0.287 e. The summed E-state index contributed by atoms with van der Waals surface area (Å²) in [4.78, 5) is 27.4. The zero-order valence-corrected chi connectivity index (χ0v) is 21.3. The van der Waals surface area contributed by atoms with Crippen molar-refractivity contribution >= 4 is 11.8 Å². The number of halogens is 1. The van der Waals surface area contributed by atoms with Gasteiger partial charge in [0.15, 0.2) is 5.76 Å². The maximum atomic E-state index is 13.7. The van der Waals surface area contributed by atoms with Crippen molar-refractivity contribution < 1.29 is 23.1 Å². The molecule has 2 aromatic carbocycles. The summed E-state index contributed by atoms with van der Waals surface area (Å²) in [5.41, 5.74) is 2.99. The number of nitrogens with one attached hydrogen (secondary N) is 1. The molecule has 1 fully saturated rings. The molecule has 5 rings (SSSR count).